The summed E-state index contributed by atoms with van der Waals surface area (Å²) in [5.74, 6) is 0.757. The third kappa shape index (κ3) is 6.00. The Morgan fingerprint density at radius 1 is 1.21 bits per heavy atom. The molecule has 11 heteroatoms. The molecule has 3 rings (SSSR count). The highest BCUT2D eigenvalue weighted by molar-refractivity contribution is 6.32. The van der Waals surface area contributed by atoms with E-state index in [0.717, 1.165) is 45.1 Å². The van der Waals surface area contributed by atoms with Gasteiger partial charge in [-0.1, -0.05) is 11.6 Å². The molecule has 0 atom stereocenters. The number of anilines is 2. The molecule has 1 aromatic heterocycles. The van der Waals surface area contributed by atoms with E-state index in [4.69, 9.17) is 11.6 Å². The van der Waals surface area contributed by atoms with Gasteiger partial charge in [0.15, 0.2) is 0 Å². The summed E-state index contributed by atoms with van der Waals surface area (Å²) in [7, 11) is 0. The molecular formula is C18H22ClN7O3. The minimum Gasteiger partial charge on any atom is -0.338 e. The number of carbonyl (C=O) groups is 1. The van der Waals surface area contributed by atoms with E-state index >= 15 is 0 Å². The summed E-state index contributed by atoms with van der Waals surface area (Å²) < 4.78 is 0. The number of benzene rings is 1. The molecular weight excluding hydrogens is 398 g/mol. The van der Waals surface area contributed by atoms with Crippen molar-refractivity contribution in [1.29, 1.82) is 0 Å². The normalized spacial score (nSPS) is 14.4. The van der Waals surface area contributed by atoms with Crippen LogP contribution in [-0.2, 0) is 0 Å². The zero-order valence-corrected chi connectivity index (χ0v) is 16.5. The third-order valence-electron chi connectivity index (χ3n) is 4.54. The van der Waals surface area contributed by atoms with Crippen molar-refractivity contribution in [2.24, 2.45) is 0 Å². The van der Waals surface area contributed by atoms with Gasteiger partial charge in [-0.2, -0.15) is 0 Å². The summed E-state index contributed by atoms with van der Waals surface area (Å²) in [6.45, 7) is 4.94. The highest BCUT2D eigenvalue weighted by Crippen LogP contribution is 2.27. The minimum absolute atomic E-state index is 0.0277. The third-order valence-corrected chi connectivity index (χ3v) is 4.86. The van der Waals surface area contributed by atoms with Crippen LogP contribution in [0.1, 0.15) is 6.42 Å². The molecule has 1 aromatic carbocycles. The number of nitro groups is 1. The van der Waals surface area contributed by atoms with Crippen LogP contribution in [0.25, 0.3) is 0 Å². The van der Waals surface area contributed by atoms with Crippen molar-refractivity contribution in [2.75, 3.05) is 49.5 Å². The van der Waals surface area contributed by atoms with Crippen LogP contribution in [0.3, 0.4) is 0 Å². The highest BCUT2D eigenvalue weighted by Gasteiger charge is 2.18. The summed E-state index contributed by atoms with van der Waals surface area (Å²) in [4.78, 5) is 35.3. The molecule has 2 amide bonds. The number of aromatic nitrogens is 2. The van der Waals surface area contributed by atoms with Crippen molar-refractivity contribution in [3.63, 3.8) is 0 Å². The van der Waals surface area contributed by atoms with Gasteiger partial charge in [0.05, 0.1) is 4.92 Å². The number of hydrogen-bond donors (Lipinski definition) is 2. The molecule has 0 radical (unpaired) electrons. The van der Waals surface area contributed by atoms with Crippen molar-refractivity contribution in [1.82, 2.24) is 20.2 Å². The number of carbonyl (C=O) groups excluding carboxylic acids is 1. The number of nitro benzene ring substituents is 1. The average molecular weight is 420 g/mol. The van der Waals surface area contributed by atoms with Crippen LogP contribution in [0.4, 0.5) is 22.1 Å². The lowest BCUT2D eigenvalue weighted by Gasteiger charge is -2.34. The maximum absolute atomic E-state index is 12.0. The van der Waals surface area contributed by atoms with Gasteiger partial charge < -0.3 is 15.5 Å². The molecule has 0 saturated carbocycles. The topological polar surface area (TPSA) is 117 Å². The van der Waals surface area contributed by atoms with E-state index in [9.17, 15) is 14.9 Å². The molecule has 2 heterocycles. The van der Waals surface area contributed by atoms with Crippen molar-refractivity contribution >= 4 is 35.0 Å². The van der Waals surface area contributed by atoms with E-state index in [1.54, 1.807) is 18.5 Å². The van der Waals surface area contributed by atoms with Crippen LogP contribution in [-0.4, -0.2) is 65.1 Å². The predicted octanol–water partition coefficient (Wildman–Crippen LogP) is 2.37. The number of nitrogens with zero attached hydrogens (tertiary/aromatic N) is 5. The van der Waals surface area contributed by atoms with E-state index in [1.807, 2.05) is 0 Å². The van der Waals surface area contributed by atoms with Gasteiger partial charge in [0.1, 0.15) is 5.02 Å². The smallest absolute Gasteiger partial charge is 0.319 e. The fourth-order valence-corrected chi connectivity index (χ4v) is 3.22. The van der Waals surface area contributed by atoms with Crippen molar-refractivity contribution in [3.8, 4) is 0 Å². The zero-order valence-electron chi connectivity index (χ0n) is 15.8. The first-order valence-corrected chi connectivity index (χ1v) is 9.64. The first-order chi connectivity index (χ1) is 14.0. The molecule has 1 aliphatic heterocycles. The first-order valence-electron chi connectivity index (χ1n) is 9.26. The number of hydrogen-bond acceptors (Lipinski definition) is 7. The Kier molecular flexibility index (Phi) is 7.14. The van der Waals surface area contributed by atoms with Crippen LogP contribution in [0.5, 0.6) is 0 Å². The Morgan fingerprint density at radius 3 is 2.62 bits per heavy atom. The van der Waals surface area contributed by atoms with E-state index in [-0.39, 0.29) is 10.7 Å². The largest absolute Gasteiger partial charge is 0.338 e. The molecule has 29 heavy (non-hydrogen) atoms. The quantitative estimate of drug-likeness (QED) is 0.402. The molecule has 0 spiro atoms. The number of rotatable bonds is 7. The molecule has 1 fully saturated rings. The summed E-state index contributed by atoms with van der Waals surface area (Å²) in [5.41, 5.74) is 0.0716. The van der Waals surface area contributed by atoms with Gasteiger partial charge in [-0.3, -0.25) is 15.0 Å². The first kappa shape index (κ1) is 20.7. The molecule has 154 valence electrons. The van der Waals surface area contributed by atoms with Crippen molar-refractivity contribution in [2.45, 2.75) is 6.42 Å². The van der Waals surface area contributed by atoms with Crippen molar-refractivity contribution < 1.29 is 9.72 Å². The molecule has 0 bridgehead atoms. The molecule has 10 nitrogen and oxygen atoms in total. The predicted molar refractivity (Wildman–Crippen MR) is 110 cm³/mol. The van der Waals surface area contributed by atoms with Crippen LogP contribution >= 0.6 is 11.6 Å². The summed E-state index contributed by atoms with van der Waals surface area (Å²) >= 11 is 5.76. The fraction of sp³-hybridized carbons (Fsp3) is 0.389. The van der Waals surface area contributed by atoms with Crippen LogP contribution in [0.15, 0.2) is 36.7 Å². The lowest BCUT2D eigenvalue weighted by molar-refractivity contribution is -0.384. The number of urea groups is 1. The molecule has 2 N–H and O–H groups in total. The lowest BCUT2D eigenvalue weighted by atomic mass is 10.3. The Hall–Kier alpha value is -2.98. The molecule has 0 unspecified atom stereocenters. The van der Waals surface area contributed by atoms with Gasteiger partial charge in [-0.15, -0.1) is 0 Å². The summed E-state index contributed by atoms with van der Waals surface area (Å²) in [5, 5.41) is 16.3. The Labute approximate surface area is 173 Å². The van der Waals surface area contributed by atoms with Crippen LogP contribution in [0, 0.1) is 10.1 Å². The van der Waals surface area contributed by atoms with E-state index in [2.05, 4.69) is 30.4 Å². The Morgan fingerprint density at radius 2 is 1.93 bits per heavy atom. The van der Waals surface area contributed by atoms with Gasteiger partial charge in [-0.25, -0.2) is 14.8 Å². The zero-order chi connectivity index (χ0) is 20.6. The number of halogens is 1. The minimum atomic E-state index is -0.588. The summed E-state index contributed by atoms with van der Waals surface area (Å²) in [6.07, 6.45) is 4.29. The molecule has 1 aliphatic rings. The molecule has 0 aliphatic carbocycles. The van der Waals surface area contributed by atoms with Gasteiger partial charge >= 0.3 is 6.03 Å². The lowest BCUT2D eigenvalue weighted by Crippen LogP contribution is -2.47. The van der Waals surface area contributed by atoms with E-state index in [1.165, 1.54) is 18.2 Å². The summed E-state index contributed by atoms with van der Waals surface area (Å²) in [6, 6.07) is 5.53. The Bertz CT molecular complexity index is 845. The van der Waals surface area contributed by atoms with Gasteiger partial charge in [-0.05, 0) is 31.2 Å². The van der Waals surface area contributed by atoms with Gasteiger partial charge in [0, 0.05) is 56.9 Å². The standard InChI is InChI=1S/C18H22ClN7O3/c19-15-4-3-14(13-16(15)26(28)29)23-18(27)22-7-2-8-24-9-11-25(12-10-24)17-20-5-1-6-21-17/h1,3-6,13H,2,7-12H2,(H2,22,23,27). The maximum atomic E-state index is 12.0. The van der Waals surface area contributed by atoms with E-state index < -0.39 is 11.0 Å². The van der Waals surface area contributed by atoms with Crippen LogP contribution < -0.4 is 15.5 Å². The second-order valence-corrected chi connectivity index (χ2v) is 6.94. The molecule has 2 aromatic rings. The van der Waals surface area contributed by atoms with Crippen molar-refractivity contribution in [3.05, 3.63) is 51.8 Å². The number of amides is 2. The van der Waals surface area contributed by atoms with Gasteiger partial charge in [0.2, 0.25) is 5.95 Å². The number of piperazine rings is 1. The Balaban J connectivity index is 1.34. The van der Waals surface area contributed by atoms with Gasteiger partial charge in [0.25, 0.3) is 5.69 Å². The second-order valence-electron chi connectivity index (χ2n) is 6.54. The fourth-order valence-electron chi connectivity index (χ4n) is 3.04. The molecule has 1 saturated heterocycles. The number of nitrogens with one attached hydrogen (secondary N) is 2. The average Bonchev–Trinajstić information content (AvgIpc) is 2.73. The van der Waals surface area contributed by atoms with Crippen LogP contribution in [0.2, 0.25) is 5.02 Å². The SMILES string of the molecule is O=C(NCCCN1CCN(c2ncccn2)CC1)Nc1ccc(Cl)c([N+](=O)[O-])c1. The monoisotopic (exact) mass is 419 g/mol. The second kappa shape index (κ2) is 9.99. The highest BCUT2D eigenvalue weighted by atomic mass is 35.5. The maximum Gasteiger partial charge on any atom is 0.319 e. The van der Waals surface area contributed by atoms with E-state index in [0.29, 0.717) is 12.2 Å².